The largest absolute Gasteiger partial charge is 0.489 e. The van der Waals surface area contributed by atoms with E-state index in [4.69, 9.17) is 19.3 Å². The topological polar surface area (TPSA) is 65.0 Å². The van der Waals surface area contributed by atoms with Gasteiger partial charge >= 0.3 is 5.97 Å². The SMILES string of the molecule is CC1(C)Oc2ccc(OCc3ccccc3)cc2[C@@H]2O[C@H](CC(=O)O)CC[C@H]21. The minimum atomic E-state index is -0.824. The molecule has 3 atom stereocenters. The molecule has 2 aromatic carbocycles. The first-order valence-corrected chi connectivity index (χ1v) is 9.79. The van der Waals surface area contributed by atoms with Gasteiger partial charge in [0.25, 0.3) is 0 Å². The van der Waals surface area contributed by atoms with Gasteiger partial charge in [0.1, 0.15) is 23.7 Å². The first kappa shape index (κ1) is 18.8. The Morgan fingerprint density at radius 3 is 2.71 bits per heavy atom. The van der Waals surface area contributed by atoms with Crippen molar-refractivity contribution in [3.05, 3.63) is 59.7 Å². The molecule has 0 spiro atoms. The molecule has 2 aliphatic heterocycles. The number of carbonyl (C=O) groups is 1. The maximum atomic E-state index is 11.1. The summed E-state index contributed by atoms with van der Waals surface area (Å²) in [6.45, 7) is 4.64. The summed E-state index contributed by atoms with van der Waals surface area (Å²) in [7, 11) is 0. The van der Waals surface area contributed by atoms with Gasteiger partial charge in [-0.25, -0.2) is 0 Å². The zero-order valence-corrected chi connectivity index (χ0v) is 16.3. The van der Waals surface area contributed by atoms with Gasteiger partial charge in [0.05, 0.1) is 18.6 Å². The summed E-state index contributed by atoms with van der Waals surface area (Å²) in [6.07, 6.45) is 1.19. The molecule has 0 amide bonds. The Labute approximate surface area is 165 Å². The normalized spacial score (nSPS) is 25.1. The zero-order chi connectivity index (χ0) is 19.7. The van der Waals surface area contributed by atoms with Crippen molar-refractivity contribution in [2.45, 2.75) is 57.5 Å². The average Bonchev–Trinajstić information content (AvgIpc) is 2.66. The Morgan fingerprint density at radius 1 is 1.18 bits per heavy atom. The molecule has 0 saturated carbocycles. The molecule has 28 heavy (non-hydrogen) atoms. The summed E-state index contributed by atoms with van der Waals surface area (Å²) < 4.78 is 18.5. The molecule has 1 N–H and O–H groups in total. The molecule has 2 heterocycles. The molecule has 1 fully saturated rings. The Bertz CT molecular complexity index is 845. The lowest BCUT2D eigenvalue weighted by Crippen LogP contribution is -2.48. The maximum Gasteiger partial charge on any atom is 0.305 e. The summed E-state index contributed by atoms with van der Waals surface area (Å²) in [5.41, 5.74) is 1.69. The highest BCUT2D eigenvalue weighted by atomic mass is 16.5. The van der Waals surface area contributed by atoms with E-state index in [1.54, 1.807) is 0 Å². The maximum absolute atomic E-state index is 11.1. The van der Waals surface area contributed by atoms with Crippen molar-refractivity contribution in [2.75, 3.05) is 0 Å². The van der Waals surface area contributed by atoms with Crippen LogP contribution < -0.4 is 9.47 Å². The highest BCUT2D eigenvalue weighted by molar-refractivity contribution is 5.67. The fourth-order valence-electron chi connectivity index (χ4n) is 4.27. The summed E-state index contributed by atoms with van der Waals surface area (Å²) in [4.78, 5) is 11.1. The van der Waals surface area contributed by atoms with Gasteiger partial charge in [0.15, 0.2) is 0 Å². The van der Waals surface area contributed by atoms with Gasteiger partial charge in [-0.2, -0.15) is 0 Å². The quantitative estimate of drug-likeness (QED) is 0.809. The van der Waals surface area contributed by atoms with E-state index in [2.05, 4.69) is 13.8 Å². The van der Waals surface area contributed by atoms with Crippen LogP contribution in [0.2, 0.25) is 0 Å². The predicted octanol–water partition coefficient (Wildman–Crippen LogP) is 4.75. The van der Waals surface area contributed by atoms with Crippen molar-refractivity contribution in [3.8, 4) is 11.5 Å². The first-order chi connectivity index (χ1) is 13.4. The Morgan fingerprint density at radius 2 is 1.96 bits per heavy atom. The lowest BCUT2D eigenvalue weighted by molar-refractivity contribution is -0.162. The van der Waals surface area contributed by atoms with Crippen LogP contribution in [0.4, 0.5) is 0 Å². The number of rotatable bonds is 5. The molecule has 2 aromatic rings. The van der Waals surface area contributed by atoms with Gasteiger partial charge in [-0.15, -0.1) is 0 Å². The lowest BCUT2D eigenvalue weighted by atomic mass is 9.75. The van der Waals surface area contributed by atoms with Crippen molar-refractivity contribution in [2.24, 2.45) is 5.92 Å². The number of fused-ring (bicyclic) bond motifs is 3. The highest BCUT2D eigenvalue weighted by Gasteiger charge is 2.47. The van der Waals surface area contributed by atoms with Crippen LogP contribution in [-0.2, 0) is 16.1 Å². The molecule has 0 aliphatic carbocycles. The van der Waals surface area contributed by atoms with Gasteiger partial charge in [0.2, 0.25) is 0 Å². The minimum Gasteiger partial charge on any atom is -0.489 e. The fourth-order valence-corrected chi connectivity index (χ4v) is 4.27. The Kier molecular flexibility index (Phi) is 5.02. The van der Waals surface area contributed by atoms with Crippen LogP contribution in [0.15, 0.2) is 48.5 Å². The standard InChI is InChI=1S/C23H26O5/c1-23(2)19-10-8-17(13-21(24)25)27-22(19)18-12-16(9-11-20(18)28-23)26-14-15-6-4-3-5-7-15/h3-7,9,11-12,17,19,22H,8,10,13-14H2,1-2H3,(H,24,25)/t17-,19+,22-/m0/s1. The molecule has 5 heteroatoms. The molecule has 148 valence electrons. The number of benzene rings is 2. The summed E-state index contributed by atoms with van der Waals surface area (Å²) in [5.74, 6) is 0.896. The van der Waals surface area contributed by atoms with Crippen molar-refractivity contribution >= 4 is 5.97 Å². The van der Waals surface area contributed by atoms with Crippen molar-refractivity contribution in [1.29, 1.82) is 0 Å². The molecular weight excluding hydrogens is 356 g/mol. The third kappa shape index (κ3) is 3.85. The van der Waals surface area contributed by atoms with Crippen molar-refractivity contribution in [1.82, 2.24) is 0 Å². The average molecular weight is 382 g/mol. The van der Waals surface area contributed by atoms with E-state index in [1.807, 2.05) is 48.5 Å². The first-order valence-electron chi connectivity index (χ1n) is 9.79. The molecule has 0 unspecified atom stereocenters. The second kappa shape index (κ2) is 7.47. The van der Waals surface area contributed by atoms with E-state index < -0.39 is 5.97 Å². The van der Waals surface area contributed by atoms with Crippen LogP contribution in [0.5, 0.6) is 11.5 Å². The lowest BCUT2D eigenvalue weighted by Gasteiger charge is -2.48. The Hall–Kier alpha value is -2.53. The van der Waals surface area contributed by atoms with E-state index in [9.17, 15) is 4.79 Å². The van der Waals surface area contributed by atoms with E-state index in [0.717, 1.165) is 35.5 Å². The number of carboxylic acids is 1. The number of carboxylic acid groups (broad SMARTS) is 1. The smallest absolute Gasteiger partial charge is 0.305 e. The van der Waals surface area contributed by atoms with E-state index in [0.29, 0.717) is 6.61 Å². The molecule has 5 nitrogen and oxygen atoms in total. The van der Waals surface area contributed by atoms with Crippen LogP contribution in [0.3, 0.4) is 0 Å². The molecule has 2 aliphatic rings. The predicted molar refractivity (Wildman–Crippen MR) is 105 cm³/mol. The number of ether oxygens (including phenoxy) is 3. The minimum absolute atomic E-state index is 0.0318. The van der Waals surface area contributed by atoms with Crippen LogP contribution in [-0.4, -0.2) is 22.8 Å². The fraction of sp³-hybridized carbons (Fsp3) is 0.435. The molecule has 0 bridgehead atoms. The third-order valence-electron chi connectivity index (χ3n) is 5.71. The summed E-state index contributed by atoms with van der Waals surface area (Å²) >= 11 is 0. The molecule has 0 radical (unpaired) electrons. The highest BCUT2D eigenvalue weighted by Crippen LogP contribution is 2.51. The third-order valence-corrected chi connectivity index (χ3v) is 5.71. The molecule has 4 rings (SSSR count). The zero-order valence-electron chi connectivity index (χ0n) is 16.3. The number of hydrogen-bond donors (Lipinski definition) is 1. The van der Waals surface area contributed by atoms with E-state index >= 15 is 0 Å². The van der Waals surface area contributed by atoms with Crippen LogP contribution in [0, 0.1) is 5.92 Å². The van der Waals surface area contributed by atoms with Crippen LogP contribution in [0.25, 0.3) is 0 Å². The van der Waals surface area contributed by atoms with E-state index in [1.165, 1.54) is 0 Å². The van der Waals surface area contributed by atoms with E-state index in [-0.39, 0.29) is 30.1 Å². The van der Waals surface area contributed by atoms with Crippen LogP contribution in [0.1, 0.15) is 50.3 Å². The molecular formula is C23H26O5. The molecule has 0 aromatic heterocycles. The van der Waals surface area contributed by atoms with Crippen LogP contribution >= 0.6 is 0 Å². The van der Waals surface area contributed by atoms with Gasteiger partial charge in [-0.05, 0) is 50.5 Å². The van der Waals surface area contributed by atoms with Gasteiger partial charge in [-0.3, -0.25) is 4.79 Å². The van der Waals surface area contributed by atoms with Gasteiger partial charge in [0, 0.05) is 11.5 Å². The van der Waals surface area contributed by atoms with Gasteiger partial charge < -0.3 is 19.3 Å². The van der Waals surface area contributed by atoms with Crippen molar-refractivity contribution < 1.29 is 24.1 Å². The monoisotopic (exact) mass is 382 g/mol. The van der Waals surface area contributed by atoms with Crippen molar-refractivity contribution in [3.63, 3.8) is 0 Å². The number of aliphatic carboxylic acids is 1. The number of hydrogen-bond acceptors (Lipinski definition) is 4. The molecule has 1 saturated heterocycles. The Balaban J connectivity index is 1.58. The summed E-state index contributed by atoms with van der Waals surface area (Å²) in [6, 6.07) is 15.8. The second-order valence-corrected chi connectivity index (χ2v) is 8.14. The summed E-state index contributed by atoms with van der Waals surface area (Å²) in [5, 5.41) is 9.16. The van der Waals surface area contributed by atoms with Gasteiger partial charge in [-0.1, -0.05) is 30.3 Å². The second-order valence-electron chi connectivity index (χ2n) is 8.14.